The fourth-order valence-electron chi connectivity index (χ4n) is 1.45. The lowest BCUT2D eigenvalue weighted by Crippen LogP contribution is -2.26. The van der Waals surface area contributed by atoms with Gasteiger partial charge < -0.3 is 10.8 Å². The van der Waals surface area contributed by atoms with Crippen LogP contribution in [0.3, 0.4) is 0 Å². The zero-order valence-electron chi connectivity index (χ0n) is 8.99. The van der Waals surface area contributed by atoms with Crippen molar-refractivity contribution in [2.75, 3.05) is 0 Å². The van der Waals surface area contributed by atoms with Crippen molar-refractivity contribution >= 4 is 12.4 Å². The topological polar surface area (TPSA) is 46.2 Å². The molecule has 0 unspecified atom stereocenters. The Morgan fingerprint density at radius 3 is 2.50 bits per heavy atom. The standard InChI is InChI=1S/C11H15F2NO.ClH/c1-2-3-10(15)11(14)8-5-4-7(12)6-9(8)13;/h4-6,10-11,15H,2-3,14H2,1H3;1H/t10-,11+;/m0./s1. The lowest BCUT2D eigenvalue weighted by Gasteiger charge is -2.19. The van der Waals surface area contributed by atoms with Crippen molar-refractivity contribution in [1.29, 1.82) is 0 Å². The Balaban J connectivity index is 0.00000225. The fraction of sp³-hybridized carbons (Fsp3) is 0.455. The van der Waals surface area contributed by atoms with Crippen molar-refractivity contribution in [1.82, 2.24) is 0 Å². The summed E-state index contributed by atoms with van der Waals surface area (Å²) in [6.07, 6.45) is 0.463. The van der Waals surface area contributed by atoms with E-state index in [0.717, 1.165) is 18.6 Å². The molecule has 0 fully saturated rings. The highest BCUT2D eigenvalue weighted by Gasteiger charge is 2.19. The molecule has 16 heavy (non-hydrogen) atoms. The van der Waals surface area contributed by atoms with Gasteiger partial charge in [-0.3, -0.25) is 0 Å². The van der Waals surface area contributed by atoms with Gasteiger partial charge in [-0.2, -0.15) is 0 Å². The van der Waals surface area contributed by atoms with E-state index in [0.29, 0.717) is 6.42 Å². The molecule has 3 N–H and O–H groups in total. The number of hydrogen-bond donors (Lipinski definition) is 2. The Hall–Kier alpha value is -0.710. The third-order valence-electron chi connectivity index (χ3n) is 2.32. The van der Waals surface area contributed by atoms with E-state index in [1.165, 1.54) is 6.07 Å². The maximum atomic E-state index is 13.3. The Morgan fingerprint density at radius 1 is 1.38 bits per heavy atom. The second-order valence-corrected chi connectivity index (χ2v) is 3.55. The van der Waals surface area contributed by atoms with Gasteiger partial charge in [0.2, 0.25) is 0 Å². The summed E-state index contributed by atoms with van der Waals surface area (Å²) in [4.78, 5) is 0. The number of hydrogen-bond acceptors (Lipinski definition) is 2. The van der Waals surface area contributed by atoms with Gasteiger partial charge in [0.05, 0.1) is 12.1 Å². The molecule has 0 spiro atoms. The molecule has 1 aromatic carbocycles. The summed E-state index contributed by atoms with van der Waals surface area (Å²) in [5.41, 5.74) is 5.81. The fourth-order valence-corrected chi connectivity index (χ4v) is 1.45. The molecule has 1 aromatic rings. The largest absolute Gasteiger partial charge is 0.391 e. The lowest BCUT2D eigenvalue weighted by molar-refractivity contribution is 0.132. The average Bonchev–Trinajstić information content (AvgIpc) is 2.17. The third kappa shape index (κ3) is 3.70. The van der Waals surface area contributed by atoms with E-state index in [4.69, 9.17) is 5.73 Å². The maximum absolute atomic E-state index is 13.3. The number of halogens is 3. The third-order valence-corrected chi connectivity index (χ3v) is 2.32. The monoisotopic (exact) mass is 251 g/mol. The summed E-state index contributed by atoms with van der Waals surface area (Å²) in [6, 6.07) is 2.38. The highest BCUT2D eigenvalue weighted by molar-refractivity contribution is 5.85. The summed E-state index contributed by atoms with van der Waals surface area (Å²) in [6.45, 7) is 1.90. The van der Waals surface area contributed by atoms with Gasteiger partial charge in [-0.25, -0.2) is 8.78 Å². The Kier molecular flexibility index (Phi) is 6.48. The number of aliphatic hydroxyl groups excluding tert-OH is 1. The first-order chi connectivity index (χ1) is 7.06. The number of rotatable bonds is 4. The quantitative estimate of drug-likeness (QED) is 0.864. The van der Waals surface area contributed by atoms with Gasteiger partial charge in [0.15, 0.2) is 0 Å². The van der Waals surface area contributed by atoms with Crippen molar-refractivity contribution in [2.45, 2.75) is 31.9 Å². The van der Waals surface area contributed by atoms with Crippen LogP contribution in [0.25, 0.3) is 0 Å². The highest BCUT2D eigenvalue weighted by Crippen LogP contribution is 2.21. The summed E-state index contributed by atoms with van der Waals surface area (Å²) in [5.74, 6) is -1.36. The Morgan fingerprint density at radius 2 is 2.00 bits per heavy atom. The minimum absolute atomic E-state index is 0. The van der Waals surface area contributed by atoms with Crippen LogP contribution in [0.4, 0.5) is 8.78 Å². The zero-order valence-corrected chi connectivity index (χ0v) is 9.81. The number of benzene rings is 1. The molecule has 0 aliphatic carbocycles. The number of aliphatic hydroxyl groups is 1. The number of nitrogens with two attached hydrogens (primary N) is 1. The summed E-state index contributed by atoms with van der Waals surface area (Å²) < 4.78 is 25.9. The Bertz CT molecular complexity index is 336. The molecule has 0 saturated carbocycles. The zero-order chi connectivity index (χ0) is 11.4. The predicted molar refractivity (Wildman–Crippen MR) is 61.4 cm³/mol. The molecule has 0 aliphatic heterocycles. The van der Waals surface area contributed by atoms with Crippen LogP contribution in [0.15, 0.2) is 18.2 Å². The van der Waals surface area contributed by atoms with Crippen molar-refractivity contribution in [3.8, 4) is 0 Å². The van der Waals surface area contributed by atoms with Crippen molar-refractivity contribution in [3.05, 3.63) is 35.4 Å². The molecule has 0 bridgehead atoms. The first kappa shape index (κ1) is 15.3. The van der Waals surface area contributed by atoms with Gasteiger partial charge >= 0.3 is 0 Å². The van der Waals surface area contributed by atoms with Crippen LogP contribution in [0.2, 0.25) is 0 Å². The van der Waals surface area contributed by atoms with E-state index in [-0.39, 0.29) is 18.0 Å². The smallest absolute Gasteiger partial charge is 0.130 e. The van der Waals surface area contributed by atoms with Gasteiger partial charge in [-0.1, -0.05) is 19.4 Å². The summed E-state index contributed by atoms with van der Waals surface area (Å²) >= 11 is 0. The van der Waals surface area contributed by atoms with Gasteiger partial charge in [-0.15, -0.1) is 12.4 Å². The first-order valence-electron chi connectivity index (χ1n) is 4.94. The molecule has 0 amide bonds. The molecular formula is C11H16ClF2NO. The van der Waals surface area contributed by atoms with E-state index < -0.39 is 23.8 Å². The van der Waals surface area contributed by atoms with Gasteiger partial charge in [0.1, 0.15) is 11.6 Å². The van der Waals surface area contributed by atoms with Crippen LogP contribution in [0.5, 0.6) is 0 Å². The second-order valence-electron chi connectivity index (χ2n) is 3.55. The molecule has 0 heterocycles. The lowest BCUT2D eigenvalue weighted by atomic mass is 9.99. The molecule has 1 rings (SSSR count). The summed E-state index contributed by atoms with van der Waals surface area (Å²) in [5, 5.41) is 9.58. The SMILES string of the molecule is CCC[C@H](O)[C@H](N)c1ccc(F)cc1F.Cl. The van der Waals surface area contributed by atoms with E-state index in [1.54, 1.807) is 0 Å². The molecule has 0 aliphatic rings. The van der Waals surface area contributed by atoms with E-state index in [1.807, 2.05) is 6.92 Å². The highest BCUT2D eigenvalue weighted by atomic mass is 35.5. The maximum Gasteiger partial charge on any atom is 0.130 e. The Labute approximate surface area is 99.9 Å². The average molecular weight is 252 g/mol. The van der Waals surface area contributed by atoms with E-state index in [2.05, 4.69) is 0 Å². The first-order valence-corrected chi connectivity index (χ1v) is 4.94. The second kappa shape index (κ2) is 6.78. The van der Waals surface area contributed by atoms with Crippen molar-refractivity contribution in [2.24, 2.45) is 5.73 Å². The van der Waals surface area contributed by atoms with Crippen molar-refractivity contribution in [3.63, 3.8) is 0 Å². The van der Waals surface area contributed by atoms with Crippen LogP contribution < -0.4 is 5.73 Å². The molecule has 2 nitrogen and oxygen atoms in total. The van der Waals surface area contributed by atoms with Crippen LogP contribution >= 0.6 is 12.4 Å². The van der Waals surface area contributed by atoms with Gasteiger partial charge in [0.25, 0.3) is 0 Å². The molecule has 0 saturated heterocycles. The van der Waals surface area contributed by atoms with Crippen LogP contribution in [0, 0.1) is 11.6 Å². The molecular weight excluding hydrogens is 236 g/mol. The minimum atomic E-state index is -0.800. The van der Waals surface area contributed by atoms with Crippen LogP contribution in [0.1, 0.15) is 31.4 Å². The van der Waals surface area contributed by atoms with Crippen molar-refractivity contribution < 1.29 is 13.9 Å². The van der Waals surface area contributed by atoms with E-state index in [9.17, 15) is 13.9 Å². The molecule has 0 radical (unpaired) electrons. The normalized spacial score (nSPS) is 14.1. The van der Waals surface area contributed by atoms with Crippen LogP contribution in [-0.2, 0) is 0 Å². The molecule has 2 atom stereocenters. The molecule has 0 aromatic heterocycles. The van der Waals surface area contributed by atoms with Crippen LogP contribution in [-0.4, -0.2) is 11.2 Å². The molecule has 5 heteroatoms. The summed E-state index contributed by atoms with van der Waals surface area (Å²) in [7, 11) is 0. The van der Waals surface area contributed by atoms with Gasteiger partial charge in [0, 0.05) is 11.6 Å². The van der Waals surface area contributed by atoms with Gasteiger partial charge in [-0.05, 0) is 12.5 Å². The molecule has 92 valence electrons. The minimum Gasteiger partial charge on any atom is -0.391 e. The van der Waals surface area contributed by atoms with E-state index >= 15 is 0 Å². The predicted octanol–water partition coefficient (Wildman–Crippen LogP) is 2.55.